The summed E-state index contributed by atoms with van der Waals surface area (Å²) in [6, 6.07) is 4.22. The van der Waals surface area contributed by atoms with E-state index in [0.717, 1.165) is 45.6 Å². The van der Waals surface area contributed by atoms with Gasteiger partial charge in [-0.05, 0) is 61.8 Å². The van der Waals surface area contributed by atoms with Gasteiger partial charge in [0.15, 0.2) is 11.3 Å². The Morgan fingerprint density at radius 2 is 1.93 bits per heavy atom. The smallest absolute Gasteiger partial charge is 0.370 e. The number of nitrogens with zero attached hydrogens (tertiary/aromatic N) is 6. The molecule has 1 aromatic carbocycles. The maximum Gasteiger partial charge on any atom is 0.437 e. The molecule has 2 N–H and O–H groups in total. The summed E-state index contributed by atoms with van der Waals surface area (Å²) < 4.78 is 42.9. The fraction of sp³-hybridized carbons (Fsp3) is 0.556. The van der Waals surface area contributed by atoms with Crippen molar-refractivity contribution in [1.82, 2.24) is 24.6 Å². The molecule has 2 aliphatic rings. The van der Waals surface area contributed by atoms with Gasteiger partial charge in [0.25, 0.3) is 0 Å². The van der Waals surface area contributed by atoms with Crippen molar-refractivity contribution >= 4 is 46.1 Å². The number of nitrogens with two attached hydrogens (primary N) is 1. The minimum Gasteiger partial charge on any atom is -0.370 e. The maximum atomic E-state index is 13.9. The zero-order valence-electron chi connectivity index (χ0n) is 22.3. The topological polar surface area (TPSA) is 93.2 Å². The molecule has 5 rings (SSSR count). The number of carbonyl (C=O) groups is 1. The van der Waals surface area contributed by atoms with Crippen LogP contribution in [0, 0.1) is 17.8 Å². The van der Waals surface area contributed by atoms with E-state index in [1.165, 1.54) is 10.9 Å². The number of carbonyl (C=O) groups excluding carboxylic acids is 1. The number of hydrogen-bond acceptors (Lipinski definition) is 6. The SMILES string of the molecule is C[C@@H](CC(N)=O)CN1CCC[C@H](C2CN(c3cnc4c(C(F)(F)F)nn([C@H](C)c5ccc(Cl)cc5Cl)c4n3)C2)C1. The standard InChI is InChI=1S/C27H32Cl2F3N7O/c1-15(8-22(33)40)11-37-7-3-4-17(12-37)18-13-38(14-18)23-10-34-24-25(27(30,31)32)36-39(26(24)35-23)16(2)20-6-5-19(28)9-21(20)29/h5-6,9-10,15-18H,3-4,7-8,11-14H2,1-2H3,(H2,33,40)/t15-,16+,17-/m0/s1. The molecule has 0 saturated carbocycles. The summed E-state index contributed by atoms with van der Waals surface area (Å²) in [6.45, 7) is 8.11. The first-order valence-corrected chi connectivity index (χ1v) is 14.2. The summed E-state index contributed by atoms with van der Waals surface area (Å²) >= 11 is 12.4. The second-order valence-corrected chi connectivity index (χ2v) is 12.0. The third-order valence-electron chi connectivity index (χ3n) is 8.00. The van der Waals surface area contributed by atoms with Crippen LogP contribution in [0.1, 0.15) is 50.4 Å². The lowest BCUT2D eigenvalue weighted by atomic mass is 9.80. The van der Waals surface area contributed by atoms with E-state index < -0.39 is 17.9 Å². The molecular weight excluding hydrogens is 566 g/mol. The number of aromatic nitrogens is 4. The molecule has 8 nitrogen and oxygen atoms in total. The lowest BCUT2D eigenvalue weighted by molar-refractivity contribution is -0.140. The predicted octanol–water partition coefficient (Wildman–Crippen LogP) is 5.42. The molecule has 0 aliphatic carbocycles. The van der Waals surface area contributed by atoms with Crippen LogP contribution in [0.25, 0.3) is 11.2 Å². The van der Waals surface area contributed by atoms with E-state index >= 15 is 0 Å². The largest absolute Gasteiger partial charge is 0.437 e. The number of benzene rings is 1. The highest BCUT2D eigenvalue weighted by Gasteiger charge is 2.40. The highest BCUT2D eigenvalue weighted by molar-refractivity contribution is 6.35. The monoisotopic (exact) mass is 597 g/mol. The number of alkyl halides is 3. The van der Waals surface area contributed by atoms with Crippen molar-refractivity contribution in [1.29, 1.82) is 0 Å². The van der Waals surface area contributed by atoms with Crippen LogP contribution in [0.2, 0.25) is 10.0 Å². The van der Waals surface area contributed by atoms with Crippen molar-refractivity contribution in [2.45, 2.75) is 45.3 Å². The molecule has 0 bridgehead atoms. The van der Waals surface area contributed by atoms with E-state index in [9.17, 15) is 18.0 Å². The predicted molar refractivity (Wildman–Crippen MR) is 148 cm³/mol. The lowest BCUT2D eigenvalue weighted by Crippen LogP contribution is -2.54. The molecule has 0 unspecified atom stereocenters. The first-order chi connectivity index (χ1) is 18.9. The van der Waals surface area contributed by atoms with Crippen molar-refractivity contribution < 1.29 is 18.0 Å². The molecular formula is C27H32Cl2F3N7O. The Balaban J connectivity index is 1.34. The molecule has 3 aromatic rings. The second kappa shape index (κ2) is 11.3. The van der Waals surface area contributed by atoms with Crippen LogP contribution >= 0.6 is 23.2 Å². The fourth-order valence-corrected chi connectivity index (χ4v) is 6.54. The van der Waals surface area contributed by atoms with E-state index in [2.05, 4.69) is 24.9 Å². The first kappa shape index (κ1) is 28.9. The minimum absolute atomic E-state index is 0.0547. The third kappa shape index (κ3) is 6.01. The van der Waals surface area contributed by atoms with Crippen molar-refractivity contribution in [2.75, 3.05) is 37.6 Å². The molecule has 4 heterocycles. The number of piperidine rings is 1. The third-order valence-corrected chi connectivity index (χ3v) is 8.56. The molecule has 2 fully saturated rings. The molecule has 2 aliphatic heterocycles. The summed E-state index contributed by atoms with van der Waals surface area (Å²) in [6.07, 6.45) is -0.675. The van der Waals surface area contributed by atoms with Gasteiger partial charge in [-0.25, -0.2) is 14.6 Å². The Labute approximate surface area is 240 Å². The van der Waals surface area contributed by atoms with Gasteiger partial charge in [-0.3, -0.25) is 4.79 Å². The Bertz CT molecular complexity index is 1390. The van der Waals surface area contributed by atoms with Crippen LogP contribution in [0.5, 0.6) is 0 Å². The Hall–Kier alpha value is -2.63. The normalized spacial score (nSPS) is 20.5. The van der Waals surface area contributed by atoms with Gasteiger partial charge in [-0.15, -0.1) is 0 Å². The van der Waals surface area contributed by atoms with Gasteiger partial charge in [0.05, 0.1) is 12.2 Å². The van der Waals surface area contributed by atoms with E-state index in [4.69, 9.17) is 28.9 Å². The fourth-order valence-electron chi connectivity index (χ4n) is 5.97. The van der Waals surface area contributed by atoms with Gasteiger partial charge < -0.3 is 15.5 Å². The van der Waals surface area contributed by atoms with Crippen LogP contribution in [-0.2, 0) is 11.0 Å². The molecule has 2 aromatic heterocycles. The number of fused-ring (bicyclic) bond motifs is 1. The highest BCUT2D eigenvalue weighted by atomic mass is 35.5. The quantitative estimate of drug-likeness (QED) is 0.372. The van der Waals surface area contributed by atoms with E-state index in [0.29, 0.717) is 39.7 Å². The summed E-state index contributed by atoms with van der Waals surface area (Å²) in [4.78, 5) is 24.5. The van der Waals surface area contributed by atoms with Gasteiger partial charge in [0.1, 0.15) is 11.3 Å². The number of anilines is 1. The molecule has 216 valence electrons. The Morgan fingerprint density at radius 3 is 2.60 bits per heavy atom. The van der Waals surface area contributed by atoms with Gasteiger partial charge in [0.2, 0.25) is 5.91 Å². The molecule has 1 amide bonds. The molecule has 13 heteroatoms. The van der Waals surface area contributed by atoms with Gasteiger partial charge in [-0.2, -0.15) is 18.3 Å². The second-order valence-electron chi connectivity index (χ2n) is 11.1. The molecule has 0 spiro atoms. The molecule has 40 heavy (non-hydrogen) atoms. The number of hydrogen-bond donors (Lipinski definition) is 1. The van der Waals surface area contributed by atoms with E-state index in [1.807, 2.05) is 6.92 Å². The van der Waals surface area contributed by atoms with Crippen LogP contribution in [0.4, 0.5) is 19.0 Å². The van der Waals surface area contributed by atoms with E-state index in [1.54, 1.807) is 25.1 Å². The Morgan fingerprint density at radius 1 is 1.18 bits per heavy atom. The van der Waals surface area contributed by atoms with Gasteiger partial charge in [-0.1, -0.05) is 36.2 Å². The summed E-state index contributed by atoms with van der Waals surface area (Å²) in [5.41, 5.74) is 4.62. The zero-order valence-corrected chi connectivity index (χ0v) is 23.8. The summed E-state index contributed by atoms with van der Waals surface area (Å²) in [7, 11) is 0. The minimum atomic E-state index is -4.69. The number of halogens is 5. The van der Waals surface area contributed by atoms with Gasteiger partial charge >= 0.3 is 6.18 Å². The number of likely N-dealkylation sites (tertiary alicyclic amines) is 1. The van der Waals surface area contributed by atoms with Crippen LogP contribution in [0.3, 0.4) is 0 Å². The van der Waals surface area contributed by atoms with Crippen molar-refractivity contribution in [2.24, 2.45) is 23.5 Å². The molecule has 0 radical (unpaired) electrons. The summed E-state index contributed by atoms with van der Waals surface area (Å²) in [5, 5.41) is 4.66. The van der Waals surface area contributed by atoms with Crippen LogP contribution < -0.4 is 10.6 Å². The first-order valence-electron chi connectivity index (χ1n) is 13.4. The van der Waals surface area contributed by atoms with Crippen molar-refractivity contribution in [3.05, 3.63) is 45.7 Å². The van der Waals surface area contributed by atoms with Crippen LogP contribution in [0.15, 0.2) is 24.4 Å². The van der Waals surface area contributed by atoms with Crippen molar-refractivity contribution in [3.63, 3.8) is 0 Å². The van der Waals surface area contributed by atoms with Crippen molar-refractivity contribution in [3.8, 4) is 0 Å². The highest BCUT2D eigenvalue weighted by Crippen LogP contribution is 2.38. The number of amides is 1. The van der Waals surface area contributed by atoms with Crippen LogP contribution in [-0.4, -0.2) is 63.3 Å². The lowest BCUT2D eigenvalue weighted by Gasteiger charge is -2.47. The van der Waals surface area contributed by atoms with Gasteiger partial charge in [0, 0.05) is 42.6 Å². The number of rotatable bonds is 8. The molecule has 2 saturated heterocycles. The summed E-state index contributed by atoms with van der Waals surface area (Å²) in [5.74, 6) is 1.43. The Kier molecular flexibility index (Phi) is 8.18. The number of primary amides is 1. The molecule has 3 atom stereocenters. The average molecular weight is 599 g/mol. The zero-order chi connectivity index (χ0) is 28.8. The maximum absolute atomic E-state index is 13.9. The van der Waals surface area contributed by atoms with E-state index in [-0.39, 0.29) is 23.0 Å². The average Bonchev–Trinajstić information content (AvgIpc) is 3.22.